The van der Waals surface area contributed by atoms with E-state index in [1.54, 1.807) is 24.3 Å². The molecule has 0 bridgehead atoms. The Balaban J connectivity index is 1.41. The molecule has 3 N–H and O–H groups in total. The van der Waals surface area contributed by atoms with Crippen molar-refractivity contribution in [2.24, 2.45) is 0 Å². The van der Waals surface area contributed by atoms with Crippen LogP contribution in [0.25, 0.3) is 10.9 Å². The van der Waals surface area contributed by atoms with Crippen LogP contribution >= 0.6 is 0 Å². The molecule has 0 fully saturated rings. The number of benzene rings is 2. The van der Waals surface area contributed by atoms with E-state index in [0.29, 0.717) is 54.8 Å². The first kappa shape index (κ1) is 20.0. The maximum atomic E-state index is 13.5. The largest absolute Gasteiger partial charge is 0.382 e. The summed E-state index contributed by atoms with van der Waals surface area (Å²) in [6, 6.07) is 13.3. The Morgan fingerprint density at radius 1 is 1.17 bits per heavy atom. The zero-order valence-electron chi connectivity index (χ0n) is 15.7. The molecular weight excluding hydrogens is 373 g/mol. The maximum Gasteiger partial charge on any atom is 0.258 e. The van der Waals surface area contributed by atoms with Crippen molar-refractivity contribution in [1.29, 1.82) is 5.26 Å². The summed E-state index contributed by atoms with van der Waals surface area (Å²) >= 11 is 0. The molecule has 1 heterocycles. The first-order valence-corrected chi connectivity index (χ1v) is 9.25. The zero-order chi connectivity index (χ0) is 20.6. The number of anilines is 1. The molecule has 0 aliphatic heterocycles. The van der Waals surface area contributed by atoms with Crippen LogP contribution in [0, 0.1) is 17.1 Å². The topological polar surface area (TPSA) is 111 Å². The van der Waals surface area contributed by atoms with E-state index in [1.807, 2.05) is 12.1 Å². The molecule has 3 rings (SSSR count). The number of para-hydroxylation sites is 1. The van der Waals surface area contributed by atoms with E-state index in [2.05, 4.69) is 20.6 Å². The van der Waals surface area contributed by atoms with E-state index >= 15 is 0 Å². The second-order valence-corrected chi connectivity index (χ2v) is 6.43. The smallest absolute Gasteiger partial charge is 0.258 e. The lowest BCUT2D eigenvalue weighted by Gasteiger charge is -2.09. The van der Waals surface area contributed by atoms with Gasteiger partial charge in [0.15, 0.2) is 0 Å². The lowest BCUT2D eigenvalue weighted by molar-refractivity contribution is -0.121. The molecule has 1 aromatic heterocycles. The normalized spacial score (nSPS) is 10.5. The highest BCUT2D eigenvalue weighted by atomic mass is 19.1. The Labute approximate surface area is 166 Å². The maximum absolute atomic E-state index is 13.5. The van der Waals surface area contributed by atoms with Gasteiger partial charge in [0.05, 0.1) is 16.6 Å². The van der Waals surface area contributed by atoms with Gasteiger partial charge in [-0.25, -0.2) is 9.37 Å². The Morgan fingerprint density at radius 2 is 2.00 bits per heavy atom. The lowest BCUT2D eigenvalue weighted by atomic mass is 10.2. The highest BCUT2D eigenvalue weighted by Gasteiger charge is 2.08. The Kier molecular flexibility index (Phi) is 6.53. The number of fused-ring (bicyclic) bond motifs is 1. The summed E-state index contributed by atoms with van der Waals surface area (Å²) in [4.78, 5) is 31.1. The Hall–Kier alpha value is -3.73. The van der Waals surface area contributed by atoms with Gasteiger partial charge in [0, 0.05) is 25.9 Å². The number of hydrogen-bond acceptors (Lipinski definition) is 5. The molecule has 0 aliphatic carbocycles. The molecule has 7 nitrogen and oxygen atoms in total. The van der Waals surface area contributed by atoms with Crippen molar-refractivity contribution in [2.75, 3.05) is 18.4 Å². The standard InChI is InChI=1S/C21H20FN5O2/c22-16-6-3-8-17(15(16)13-23)24-11-12-25-20(28)10-4-9-19-26-18-7-2-1-5-14(18)21(29)27-19/h1-3,5-8,24H,4,9-12H2,(H,25,28)(H,26,27,29). The van der Waals surface area contributed by atoms with Crippen LogP contribution in [0.15, 0.2) is 47.3 Å². The van der Waals surface area contributed by atoms with Gasteiger partial charge in [-0.3, -0.25) is 9.59 Å². The number of halogens is 1. The van der Waals surface area contributed by atoms with E-state index in [-0.39, 0.29) is 17.0 Å². The monoisotopic (exact) mass is 393 g/mol. The number of nitrogens with one attached hydrogen (secondary N) is 3. The summed E-state index contributed by atoms with van der Waals surface area (Å²) in [5, 5.41) is 15.2. The fourth-order valence-electron chi connectivity index (χ4n) is 2.94. The molecule has 0 atom stereocenters. The van der Waals surface area contributed by atoms with Crippen LogP contribution in [0.4, 0.5) is 10.1 Å². The van der Waals surface area contributed by atoms with E-state index in [4.69, 9.17) is 5.26 Å². The summed E-state index contributed by atoms with van der Waals surface area (Å²) in [7, 11) is 0. The molecule has 2 aromatic carbocycles. The quantitative estimate of drug-likeness (QED) is 0.509. The predicted molar refractivity (Wildman–Crippen MR) is 108 cm³/mol. The van der Waals surface area contributed by atoms with Crippen LogP contribution in [0.3, 0.4) is 0 Å². The summed E-state index contributed by atoms with van der Waals surface area (Å²) < 4.78 is 13.5. The summed E-state index contributed by atoms with van der Waals surface area (Å²) in [6.07, 6.45) is 1.32. The number of aromatic nitrogens is 2. The number of amides is 1. The van der Waals surface area contributed by atoms with Crippen molar-refractivity contribution in [3.8, 4) is 6.07 Å². The molecule has 3 aromatic rings. The van der Waals surface area contributed by atoms with E-state index in [0.717, 1.165) is 0 Å². The summed E-state index contributed by atoms with van der Waals surface area (Å²) in [5.74, 6) is -0.158. The van der Waals surface area contributed by atoms with Gasteiger partial charge in [-0.15, -0.1) is 0 Å². The third-order valence-corrected chi connectivity index (χ3v) is 4.37. The van der Waals surface area contributed by atoms with Gasteiger partial charge in [-0.05, 0) is 30.7 Å². The average Bonchev–Trinajstić information content (AvgIpc) is 2.71. The van der Waals surface area contributed by atoms with Crippen molar-refractivity contribution in [3.05, 3.63) is 70.0 Å². The number of carbonyl (C=O) groups is 1. The van der Waals surface area contributed by atoms with Crippen LogP contribution < -0.4 is 16.2 Å². The van der Waals surface area contributed by atoms with Gasteiger partial charge in [0.25, 0.3) is 5.56 Å². The fraction of sp³-hybridized carbons (Fsp3) is 0.238. The van der Waals surface area contributed by atoms with Crippen LogP contribution in [0.5, 0.6) is 0 Å². The number of rotatable bonds is 8. The van der Waals surface area contributed by atoms with Crippen molar-refractivity contribution < 1.29 is 9.18 Å². The van der Waals surface area contributed by atoms with Crippen molar-refractivity contribution in [2.45, 2.75) is 19.3 Å². The van der Waals surface area contributed by atoms with Crippen LogP contribution in [-0.2, 0) is 11.2 Å². The number of H-pyrrole nitrogens is 1. The predicted octanol–water partition coefficient (Wildman–Crippen LogP) is 2.48. The highest BCUT2D eigenvalue weighted by molar-refractivity contribution is 5.77. The molecule has 0 saturated heterocycles. The number of aromatic amines is 1. The van der Waals surface area contributed by atoms with Crippen LogP contribution in [-0.4, -0.2) is 29.0 Å². The van der Waals surface area contributed by atoms with Gasteiger partial charge in [-0.2, -0.15) is 5.26 Å². The van der Waals surface area contributed by atoms with Crippen LogP contribution in [0.1, 0.15) is 24.2 Å². The molecule has 8 heteroatoms. The van der Waals surface area contributed by atoms with E-state index < -0.39 is 5.82 Å². The molecule has 0 spiro atoms. The molecule has 29 heavy (non-hydrogen) atoms. The third kappa shape index (κ3) is 5.17. The van der Waals surface area contributed by atoms with Crippen molar-refractivity contribution in [3.63, 3.8) is 0 Å². The van der Waals surface area contributed by atoms with E-state index in [1.165, 1.54) is 12.1 Å². The number of hydrogen-bond donors (Lipinski definition) is 3. The van der Waals surface area contributed by atoms with Gasteiger partial charge in [0.1, 0.15) is 23.3 Å². The molecule has 0 saturated carbocycles. The van der Waals surface area contributed by atoms with Crippen molar-refractivity contribution >= 4 is 22.5 Å². The fourth-order valence-corrected chi connectivity index (χ4v) is 2.94. The number of nitrogens with zero attached hydrogens (tertiary/aromatic N) is 2. The third-order valence-electron chi connectivity index (χ3n) is 4.37. The second-order valence-electron chi connectivity index (χ2n) is 6.43. The second kappa shape index (κ2) is 9.46. The minimum absolute atomic E-state index is 0.0456. The van der Waals surface area contributed by atoms with Gasteiger partial charge in [0.2, 0.25) is 5.91 Å². The molecule has 1 amide bonds. The summed E-state index contributed by atoms with van der Waals surface area (Å²) in [6.45, 7) is 0.703. The average molecular weight is 393 g/mol. The van der Waals surface area contributed by atoms with E-state index in [9.17, 15) is 14.0 Å². The molecule has 148 valence electrons. The lowest BCUT2D eigenvalue weighted by Crippen LogP contribution is -2.28. The molecule has 0 unspecified atom stereocenters. The number of nitriles is 1. The molecular formula is C21H20FN5O2. The zero-order valence-corrected chi connectivity index (χ0v) is 15.7. The van der Waals surface area contributed by atoms with Crippen LogP contribution in [0.2, 0.25) is 0 Å². The first-order chi connectivity index (χ1) is 14.1. The highest BCUT2D eigenvalue weighted by Crippen LogP contribution is 2.17. The SMILES string of the molecule is N#Cc1c(F)cccc1NCCNC(=O)CCCc1nc2ccccc2c(=O)[nH]1. The number of carbonyl (C=O) groups excluding carboxylic acids is 1. The first-order valence-electron chi connectivity index (χ1n) is 9.25. The molecule has 0 aliphatic rings. The van der Waals surface area contributed by atoms with Crippen molar-refractivity contribution in [1.82, 2.24) is 15.3 Å². The minimum atomic E-state index is -0.582. The summed E-state index contributed by atoms with van der Waals surface area (Å²) in [5.41, 5.74) is 0.801. The number of aryl methyl sites for hydroxylation is 1. The molecule has 0 radical (unpaired) electrons. The Morgan fingerprint density at radius 3 is 2.83 bits per heavy atom. The van der Waals surface area contributed by atoms with Gasteiger partial charge < -0.3 is 15.6 Å². The minimum Gasteiger partial charge on any atom is -0.382 e. The Bertz CT molecular complexity index is 1120. The van der Waals surface area contributed by atoms with Gasteiger partial charge >= 0.3 is 0 Å². The van der Waals surface area contributed by atoms with Gasteiger partial charge in [-0.1, -0.05) is 18.2 Å².